The van der Waals surface area contributed by atoms with Crippen molar-refractivity contribution in [2.75, 3.05) is 18.8 Å². The van der Waals surface area contributed by atoms with Crippen LogP contribution in [0.15, 0.2) is 47.5 Å². The third-order valence-corrected chi connectivity index (χ3v) is 5.94. The maximum absolute atomic E-state index is 13.3. The van der Waals surface area contributed by atoms with Crippen LogP contribution in [0, 0.1) is 12.7 Å². The molecule has 1 aliphatic heterocycles. The van der Waals surface area contributed by atoms with Gasteiger partial charge in [0.15, 0.2) is 5.82 Å². The maximum atomic E-state index is 13.3. The number of benzene rings is 2. The normalized spacial score (nSPS) is 14.4. The minimum Gasteiger partial charge on any atom is -0.342 e. The molecule has 0 saturated carbocycles. The van der Waals surface area contributed by atoms with E-state index in [-0.39, 0.29) is 11.7 Å². The van der Waals surface area contributed by atoms with Crippen molar-refractivity contribution < 1.29 is 9.18 Å². The average molecular weight is 396 g/mol. The van der Waals surface area contributed by atoms with Crippen LogP contribution in [-0.4, -0.2) is 39.6 Å². The minimum absolute atomic E-state index is 0.160. The lowest BCUT2D eigenvalue weighted by atomic mass is 10.1. The molecule has 28 heavy (non-hydrogen) atoms. The van der Waals surface area contributed by atoms with Crippen molar-refractivity contribution in [2.24, 2.45) is 0 Å². The largest absolute Gasteiger partial charge is 0.342 e. The Morgan fingerprint density at radius 1 is 1.07 bits per heavy atom. The van der Waals surface area contributed by atoms with E-state index in [0.29, 0.717) is 11.6 Å². The van der Waals surface area contributed by atoms with Crippen LogP contribution < -0.4 is 0 Å². The summed E-state index contributed by atoms with van der Waals surface area (Å²) in [6.45, 7) is 3.73. The number of piperidine rings is 1. The van der Waals surface area contributed by atoms with Gasteiger partial charge in [0, 0.05) is 24.0 Å². The first-order valence-corrected chi connectivity index (χ1v) is 10.5. The van der Waals surface area contributed by atoms with Gasteiger partial charge in [0.1, 0.15) is 10.8 Å². The molecule has 1 aliphatic rings. The number of carbonyl (C=O) groups excluding carboxylic acids is 1. The number of hydrogen-bond donors (Lipinski definition) is 0. The lowest BCUT2D eigenvalue weighted by Crippen LogP contribution is -2.36. The number of hydrogen-bond acceptors (Lipinski definition) is 4. The molecule has 0 atom stereocenters. The van der Waals surface area contributed by atoms with E-state index < -0.39 is 0 Å². The number of thioether (sulfide) groups is 1. The fourth-order valence-electron chi connectivity index (χ4n) is 3.42. The van der Waals surface area contributed by atoms with Crippen LogP contribution in [0.25, 0.3) is 22.3 Å². The van der Waals surface area contributed by atoms with E-state index in [1.54, 1.807) is 12.1 Å². The molecule has 0 radical (unpaired) electrons. The Morgan fingerprint density at radius 3 is 2.57 bits per heavy atom. The van der Waals surface area contributed by atoms with Gasteiger partial charge in [-0.3, -0.25) is 4.79 Å². The average Bonchev–Trinajstić information content (AvgIpc) is 2.73. The highest BCUT2D eigenvalue weighted by Gasteiger charge is 2.18. The molecule has 1 saturated heterocycles. The topological polar surface area (TPSA) is 46.1 Å². The highest BCUT2D eigenvalue weighted by Crippen LogP contribution is 2.29. The molecule has 2 heterocycles. The van der Waals surface area contributed by atoms with Crippen LogP contribution in [0.2, 0.25) is 0 Å². The quantitative estimate of drug-likeness (QED) is 0.468. The van der Waals surface area contributed by atoms with E-state index in [9.17, 15) is 9.18 Å². The van der Waals surface area contributed by atoms with Crippen LogP contribution in [-0.2, 0) is 4.79 Å². The van der Waals surface area contributed by atoms with Gasteiger partial charge in [-0.15, -0.1) is 0 Å². The Balaban J connectivity index is 1.65. The summed E-state index contributed by atoms with van der Waals surface area (Å²) in [5, 5.41) is 1.74. The van der Waals surface area contributed by atoms with Gasteiger partial charge in [-0.1, -0.05) is 23.4 Å². The van der Waals surface area contributed by atoms with Crippen LogP contribution in [0.3, 0.4) is 0 Å². The van der Waals surface area contributed by atoms with Gasteiger partial charge in [0.05, 0.1) is 11.3 Å². The van der Waals surface area contributed by atoms with Crippen molar-refractivity contribution in [3.05, 3.63) is 53.8 Å². The van der Waals surface area contributed by atoms with E-state index in [4.69, 9.17) is 4.98 Å². The number of carbonyl (C=O) groups is 1. The Labute approximate surface area is 168 Å². The third kappa shape index (κ3) is 4.17. The van der Waals surface area contributed by atoms with E-state index in [0.717, 1.165) is 53.0 Å². The van der Waals surface area contributed by atoms with Crippen LogP contribution in [0.4, 0.5) is 4.39 Å². The first-order chi connectivity index (χ1) is 13.6. The summed E-state index contributed by atoms with van der Waals surface area (Å²) in [5.41, 5.74) is 2.70. The molecule has 0 unspecified atom stereocenters. The summed E-state index contributed by atoms with van der Waals surface area (Å²) in [7, 11) is 0. The number of aromatic nitrogens is 2. The second kappa shape index (κ2) is 8.27. The molecule has 2 aromatic carbocycles. The summed E-state index contributed by atoms with van der Waals surface area (Å²) < 4.78 is 13.3. The zero-order valence-corrected chi connectivity index (χ0v) is 16.6. The molecule has 0 aliphatic carbocycles. The van der Waals surface area contributed by atoms with Crippen LogP contribution in [0.5, 0.6) is 0 Å². The molecule has 0 N–H and O–H groups in total. The van der Waals surface area contributed by atoms with Crippen molar-refractivity contribution in [2.45, 2.75) is 31.2 Å². The molecule has 3 aromatic rings. The van der Waals surface area contributed by atoms with E-state index >= 15 is 0 Å². The Morgan fingerprint density at radius 2 is 1.82 bits per heavy atom. The lowest BCUT2D eigenvalue weighted by Gasteiger charge is -2.26. The molecule has 0 bridgehead atoms. The standard InChI is InChI=1S/C22H22FN3OS/c1-15-5-10-19-18(13-15)22(28-14-20(27)26-11-3-2-4-12-26)25-21(24-19)16-6-8-17(23)9-7-16/h5-10,13H,2-4,11-12,14H2,1H3. The molecule has 1 fully saturated rings. The third-order valence-electron chi connectivity index (χ3n) is 4.96. The smallest absolute Gasteiger partial charge is 0.232 e. The predicted octanol–water partition coefficient (Wildman–Crippen LogP) is 4.85. The van der Waals surface area contributed by atoms with Gasteiger partial charge in [-0.25, -0.2) is 14.4 Å². The zero-order valence-electron chi connectivity index (χ0n) is 15.8. The summed E-state index contributed by atoms with van der Waals surface area (Å²) in [5.74, 6) is 0.779. The number of likely N-dealkylation sites (tertiary alicyclic amines) is 1. The number of rotatable bonds is 4. The SMILES string of the molecule is Cc1ccc2nc(-c3ccc(F)cc3)nc(SCC(=O)N3CCCCC3)c2c1. The van der Waals surface area contributed by atoms with Gasteiger partial charge in [0.25, 0.3) is 0 Å². The number of halogens is 1. The van der Waals surface area contributed by atoms with Gasteiger partial charge in [-0.05, 0) is 62.6 Å². The summed E-state index contributed by atoms with van der Waals surface area (Å²) in [6.07, 6.45) is 3.37. The number of fused-ring (bicyclic) bond motifs is 1. The number of amides is 1. The maximum Gasteiger partial charge on any atom is 0.232 e. The molecule has 6 heteroatoms. The number of aryl methyl sites for hydroxylation is 1. The summed E-state index contributed by atoms with van der Waals surface area (Å²) in [4.78, 5) is 23.9. The number of nitrogens with zero attached hydrogens (tertiary/aromatic N) is 3. The van der Waals surface area contributed by atoms with Crippen LogP contribution in [0.1, 0.15) is 24.8 Å². The molecule has 0 spiro atoms. The highest BCUT2D eigenvalue weighted by molar-refractivity contribution is 8.00. The fourth-order valence-corrected chi connectivity index (χ4v) is 4.33. The molecular weight excluding hydrogens is 373 g/mol. The Kier molecular flexibility index (Phi) is 5.57. The molecule has 144 valence electrons. The zero-order chi connectivity index (χ0) is 19.5. The first-order valence-electron chi connectivity index (χ1n) is 9.55. The Hall–Kier alpha value is -2.47. The van der Waals surface area contributed by atoms with E-state index in [1.807, 2.05) is 24.0 Å². The monoisotopic (exact) mass is 395 g/mol. The van der Waals surface area contributed by atoms with Gasteiger partial charge < -0.3 is 4.90 Å². The van der Waals surface area contributed by atoms with Gasteiger partial charge in [0.2, 0.25) is 5.91 Å². The lowest BCUT2D eigenvalue weighted by molar-refractivity contribution is -0.129. The van der Waals surface area contributed by atoms with Crippen molar-refractivity contribution >= 4 is 28.6 Å². The van der Waals surface area contributed by atoms with E-state index in [1.165, 1.54) is 30.3 Å². The van der Waals surface area contributed by atoms with E-state index in [2.05, 4.69) is 11.1 Å². The molecular formula is C22H22FN3OS. The predicted molar refractivity (Wildman–Crippen MR) is 111 cm³/mol. The summed E-state index contributed by atoms with van der Waals surface area (Å²) in [6, 6.07) is 12.2. The fraction of sp³-hybridized carbons (Fsp3) is 0.318. The van der Waals surface area contributed by atoms with Crippen molar-refractivity contribution in [3.63, 3.8) is 0 Å². The van der Waals surface area contributed by atoms with Crippen molar-refractivity contribution in [1.82, 2.24) is 14.9 Å². The molecule has 1 aromatic heterocycles. The van der Waals surface area contributed by atoms with Crippen molar-refractivity contribution in [3.8, 4) is 11.4 Å². The van der Waals surface area contributed by atoms with Crippen molar-refractivity contribution in [1.29, 1.82) is 0 Å². The Bertz CT molecular complexity index is 1000. The van der Waals surface area contributed by atoms with Crippen LogP contribution >= 0.6 is 11.8 Å². The second-order valence-corrected chi connectivity index (χ2v) is 8.07. The molecule has 4 rings (SSSR count). The van der Waals surface area contributed by atoms with Gasteiger partial charge in [-0.2, -0.15) is 0 Å². The second-order valence-electron chi connectivity index (χ2n) is 7.11. The minimum atomic E-state index is -0.290. The molecule has 1 amide bonds. The first kappa shape index (κ1) is 18.9. The summed E-state index contributed by atoms with van der Waals surface area (Å²) >= 11 is 1.46. The highest BCUT2D eigenvalue weighted by atomic mass is 32.2. The molecule has 4 nitrogen and oxygen atoms in total. The van der Waals surface area contributed by atoms with Gasteiger partial charge >= 0.3 is 0 Å².